The minimum Gasteiger partial charge on any atom is -0.357 e. The zero-order valence-electron chi connectivity index (χ0n) is 14.2. The Hall–Kier alpha value is -1.47. The number of thiazole rings is 2. The Morgan fingerprint density at radius 2 is 2.17 bits per heavy atom. The lowest BCUT2D eigenvalue weighted by atomic mass is 10.2. The Balaban J connectivity index is 1.85. The molecule has 2 heterocycles. The number of rotatable bonds is 7. The van der Waals surface area contributed by atoms with Gasteiger partial charge in [0.05, 0.1) is 22.3 Å². The quantitative estimate of drug-likeness (QED) is 0.593. The highest BCUT2D eigenvalue weighted by atomic mass is 32.1. The van der Waals surface area contributed by atoms with Crippen molar-refractivity contribution in [3.63, 3.8) is 0 Å². The summed E-state index contributed by atoms with van der Waals surface area (Å²) >= 11 is 3.46. The number of aryl methyl sites for hydroxylation is 1. The second-order valence-corrected chi connectivity index (χ2v) is 7.78. The van der Waals surface area contributed by atoms with Crippen LogP contribution in [0.5, 0.6) is 0 Å². The van der Waals surface area contributed by atoms with Gasteiger partial charge < -0.3 is 10.6 Å². The van der Waals surface area contributed by atoms with Crippen LogP contribution in [0.25, 0.3) is 0 Å². The van der Waals surface area contributed by atoms with E-state index in [1.54, 1.807) is 22.7 Å². The van der Waals surface area contributed by atoms with Crippen molar-refractivity contribution in [2.45, 2.75) is 46.6 Å². The van der Waals surface area contributed by atoms with Crippen LogP contribution in [-0.4, -0.2) is 29.0 Å². The molecule has 23 heavy (non-hydrogen) atoms. The van der Waals surface area contributed by atoms with Crippen LogP contribution in [0.2, 0.25) is 0 Å². The van der Waals surface area contributed by atoms with E-state index in [4.69, 9.17) is 0 Å². The van der Waals surface area contributed by atoms with Crippen LogP contribution in [-0.2, 0) is 13.0 Å². The highest BCUT2D eigenvalue weighted by Crippen LogP contribution is 2.19. The molecule has 0 saturated heterocycles. The molecule has 0 saturated carbocycles. The molecule has 0 aliphatic rings. The molecule has 2 N–H and O–H groups in total. The lowest BCUT2D eigenvalue weighted by molar-refractivity contribution is 0.791. The van der Waals surface area contributed by atoms with E-state index in [2.05, 4.69) is 58.7 Å². The summed E-state index contributed by atoms with van der Waals surface area (Å²) in [6, 6.07) is 0. The molecule has 0 aliphatic carbocycles. The molecule has 0 amide bonds. The molecule has 0 fully saturated rings. The topological polar surface area (TPSA) is 62.2 Å². The van der Waals surface area contributed by atoms with Gasteiger partial charge in [0, 0.05) is 41.9 Å². The van der Waals surface area contributed by atoms with Gasteiger partial charge in [0.2, 0.25) is 0 Å². The first-order chi connectivity index (χ1) is 11.1. The van der Waals surface area contributed by atoms with Crippen molar-refractivity contribution in [1.29, 1.82) is 0 Å². The number of aliphatic imine (C=N–C) groups is 1. The van der Waals surface area contributed by atoms with Crippen LogP contribution in [0, 0.1) is 6.92 Å². The average Bonchev–Trinajstić information content (AvgIpc) is 3.14. The van der Waals surface area contributed by atoms with Gasteiger partial charge >= 0.3 is 0 Å². The number of nitrogens with zero attached hydrogens (tertiary/aromatic N) is 3. The van der Waals surface area contributed by atoms with E-state index < -0.39 is 0 Å². The molecule has 0 spiro atoms. The fourth-order valence-electron chi connectivity index (χ4n) is 1.97. The van der Waals surface area contributed by atoms with E-state index in [-0.39, 0.29) is 0 Å². The lowest BCUT2D eigenvalue weighted by Gasteiger charge is -2.10. The number of guanidine groups is 1. The zero-order chi connectivity index (χ0) is 16.7. The maximum absolute atomic E-state index is 4.62. The average molecular weight is 352 g/mol. The van der Waals surface area contributed by atoms with E-state index in [1.165, 1.54) is 9.88 Å². The van der Waals surface area contributed by atoms with Crippen LogP contribution < -0.4 is 10.6 Å². The van der Waals surface area contributed by atoms with Crippen molar-refractivity contribution in [1.82, 2.24) is 20.6 Å². The second kappa shape index (κ2) is 8.98. The molecule has 7 heteroatoms. The monoisotopic (exact) mass is 351 g/mol. The Morgan fingerprint density at radius 1 is 1.35 bits per heavy atom. The normalized spacial score (nSPS) is 12.0. The van der Waals surface area contributed by atoms with Gasteiger partial charge in [0.25, 0.3) is 0 Å². The van der Waals surface area contributed by atoms with Gasteiger partial charge in [-0.3, -0.25) is 0 Å². The fourth-order valence-corrected chi connectivity index (χ4v) is 3.58. The van der Waals surface area contributed by atoms with Crippen molar-refractivity contribution in [2.75, 3.05) is 13.1 Å². The summed E-state index contributed by atoms with van der Waals surface area (Å²) in [5, 5.41) is 11.1. The largest absolute Gasteiger partial charge is 0.357 e. The highest BCUT2D eigenvalue weighted by molar-refractivity contribution is 7.11. The maximum atomic E-state index is 4.62. The SMILES string of the molecule is CCNC(=NCc1csc(C(C)C)n1)NCCc1ncc(C)s1. The van der Waals surface area contributed by atoms with Crippen LogP contribution >= 0.6 is 22.7 Å². The summed E-state index contributed by atoms with van der Waals surface area (Å²) in [5.74, 6) is 1.31. The Bertz CT molecular complexity index is 630. The van der Waals surface area contributed by atoms with Gasteiger partial charge in [0.15, 0.2) is 5.96 Å². The third-order valence-electron chi connectivity index (χ3n) is 3.11. The summed E-state index contributed by atoms with van der Waals surface area (Å²) in [6.07, 6.45) is 2.84. The first kappa shape index (κ1) is 17.9. The molecule has 0 bridgehead atoms. The molecule has 0 aromatic carbocycles. The van der Waals surface area contributed by atoms with Crippen LogP contribution in [0.3, 0.4) is 0 Å². The summed E-state index contributed by atoms with van der Waals surface area (Å²) in [5.41, 5.74) is 1.03. The van der Waals surface area contributed by atoms with E-state index >= 15 is 0 Å². The van der Waals surface area contributed by atoms with E-state index in [0.717, 1.165) is 36.2 Å². The van der Waals surface area contributed by atoms with Crippen molar-refractivity contribution in [3.8, 4) is 0 Å². The highest BCUT2D eigenvalue weighted by Gasteiger charge is 2.06. The summed E-state index contributed by atoms with van der Waals surface area (Å²) < 4.78 is 0. The molecular weight excluding hydrogens is 326 g/mol. The predicted molar refractivity (Wildman–Crippen MR) is 99.6 cm³/mol. The van der Waals surface area contributed by atoms with Gasteiger partial charge in [0.1, 0.15) is 0 Å². The predicted octanol–water partition coefficient (Wildman–Crippen LogP) is 3.33. The van der Waals surface area contributed by atoms with Gasteiger partial charge in [-0.2, -0.15) is 0 Å². The number of hydrogen-bond donors (Lipinski definition) is 2. The maximum Gasteiger partial charge on any atom is 0.191 e. The first-order valence-electron chi connectivity index (χ1n) is 7.96. The van der Waals surface area contributed by atoms with E-state index in [9.17, 15) is 0 Å². The Kier molecular flexibility index (Phi) is 6.98. The first-order valence-corrected chi connectivity index (χ1v) is 9.66. The molecule has 0 atom stereocenters. The molecule has 0 aliphatic heterocycles. The fraction of sp³-hybridized carbons (Fsp3) is 0.562. The summed E-state index contributed by atoms with van der Waals surface area (Å²) in [4.78, 5) is 14.9. The van der Waals surface area contributed by atoms with Gasteiger partial charge in [-0.25, -0.2) is 15.0 Å². The Labute approximate surface area is 146 Å². The minimum absolute atomic E-state index is 0.478. The van der Waals surface area contributed by atoms with E-state index in [0.29, 0.717) is 12.5 Å². The second-order valence-electron chi connectivity index (χ2n) is 5.57. The van der Waals surface area contributed by atoms with Gasteiger partial charge in [-0.15, -0.1) is 22.7 Å². The number of aromatic nitrogens is 2. The molecule has 2 aromatic heterocycles. The molecule has 0 unspecified atom stereocenters. The van der Waals surface area contributed by atoms with Gasteiger partial charge in [-0.1, -0.05) is 13.8 Å². The van der Waals surface area contributed by atoms with Crippen LogP contribution in [0.4, 0.5) is 0 Å². The van der Waals surface area contributed by atoms with Crippen LogP contribution in [0.15, 0.2) is 16.6 Å². The third-order valence-corrected chi connectivity index (χ3v) is 5.27. The van der Waals surface area contributed by atoms with Crippen molar-refractivity contribution < 1.29 is 0 Å². The molecule has 2 aromatic rings. The smallest absolute Gasteiger partial charge is 0.191 e. The van der Waals surface area contributed by atoms with E-state index in [1.807, 2.05) is 6.20 Å². The number of nitrogens with one attached hydrogen (secondary N) is 2. The minimum atomic E-state index is 0.478. The number of hydrogen-bond acceptors (Lipinski definition) is 5. The van der Waals surface area contributed by atoms with Gasteiger partial charge in [-0.05, 0) is 13.8 Å². The third kappa shape index (κ3) is 5.91. The van der Waals surface area contributed by atoms with Crippen LogP contribution in [0.1, 0.15) is 47.3 Å². The molecule has 2 rings (SSSR count). The van der Waals surface area contributed by atoms with Crippen molar-refractivity contribution in [2.24, 2.45) is 4.99 Å². The molecule has 5 nitrogen and oxygen atoms in total. The summed E-state index contributed by atoms with van der Waals surface area (Å²) in [6.45, 7) is 10.8. The van der Waals surface area contributed by atoms with Crippen molar-refractivity contribution in [3.05, 3.63) is 32.2 Å². The molecule has 0 radical (unpaired) electrons. The standard InChI is InChI=1S/C16H25N5S2/c1-5-17-16(18-7-6-14-19-8-12(4)23-14)20-9-13-10-22-15(21-13)11(2)3/h8,10-11H,5-7,9H2,1-4H3,(H2,17,18,20). The lowest BCUT2D eigenvalue weighted by Crippen LogP contribution is -2.38. The molecular formula is C16H25N5S2. The zero-order valence-corrected chi connectivity index (χ0v) is 15.9. The van der Waals surface area contributed by atoms with Crippen molar-refractivity contribution >= 4 is 28.6 Å². The summed E-state index contributed by atoms with van der Waals surface area (Å²) in [7, 11) is 0. The molecule has 126 valence electrons. The Morgan fingerprint density at radius 3 is 2.78 bits per heavy atom.